The molecule has 0 fully saturated rings. The van der Waals surface area contributed by atoms with Gasteiger partial charge in [0.1, 0.15) is 0 Å². The number of aromatic carboxylic acids is 1. The highest BCUT2D eigenvalue weighted by Gasteiger charge is 2.06. The molecule has 0 saturated carbocycles. The van der Waals surface area contributed by atoms with Crippen LogP contribution in [0.2, 0.25) is 0 Å². The number of hydrogen-bond donors (Lipinski definition) is 2. The van der Waals surface area contributed by atoms with Crippen molar-refractivity contribution in [3.05, 3.63) is 58.5 Å². The Hall–Kier alpha value is -2.73. The van der Waals surface area contributed by atoms with Crippen LogP contribution in [0.4, 0.5) is 11.6 Å². The molecular formula is C16H13N3O2S. The van der Waals surface area contributed by atoms with Gasteiger partial charge in [0.15, 0.2) is 0 Å². The summed E-state index contributed by atoms with van der Waals surface area (Å²) >= 11 is 1.65. The number of aromatic nitrogens is 2. The van der Waals surface area contributed by atoms with E-state index < -0.39 is 5.97 Å². The van der Waals surface area contributed by atoms with Gasteiger partial charge in [-0.3, -0.25) is 0 Å². The quantitative estimate of drug-likeness (QED) is 0.763. The molecule has 3 rings (SSSR count). The highest BCUT2D eigenvalue weighted by molar-refractivity contribution is 7.08. The van der Waals surface area contributed by atoms with E-state index in [9.17, 15) is 4.79 Å². The highest BCUT2D eigenvalue weighted by atomic mass is 32.1. The molecule has 0 bridgehead atoms. The average molecular weight is 311 g/mol. The van der Waals surface area contributed by atoms with Gasteiger partial charge in [-0.25, -0.2) is 14.8 Å². The summed E-state index contributed by atoms with van der Waals surface area (Å²) in [5.41, 5.74) is 4.14. The fraction of sp³-hybridized carbons (Fsp3) is 0.0625. The van der Waals surface area contributed by atoms with Crippen LogP contribution in [0.15, 0.2) is 47.4 Å². The van der Waals surface area contributed by atoms with Gasteiger partial charge in [-0.1, -0.05) is 6.07 Å². The zero-order chi connectivity index (χ0) is 15.5. The van der Waals surface area contributed by atoms with Gasteiger partial charge in [-0.05, 0) is 47.0 Å². The maximum absolute atomic E-state index is 11.0. The number of anilines is 2. The van der Waals surface area contributed by atoms with Crippen LogP contribution in [0.1, 0.15) is 15.9 Å². The number of nitrogens with one attached hydrogen (secondary N) is 1. The monoisotopic (exact) mass is 311 g/mol. The third-order valence-corrected chi connectivity index (χ3v) is 4.05. The topological polar surface area (TPSA) is 75.1 Å². The molecular weight excluding hydrogens is 298 g/mol. The van der Waals surface area contributed by atoms with E-state index in [1.165, 1.54) is 11.6 Å². The molecule has 22 heavy (non-hydrogen) atoms. The van der Waals surface area contributed by atoms with Crippen molar-refractivity contribution >= 4 is 28.9 Å². The van der Waals surface area contributed by atoms with E-state index >= 15 is 0 Å². The van der Waals surface area contributed by atoms with Crippen molar-refractivity contribution in [2.75, 3.05) is 5.32 Å². The van der Waals surface area contributed by atoms with Crippen LogP contribution in [0.25, 0.3) is 11.1 Å². The maximum atomic E-state index is 11.0. The van der Waals surface area contributed by atoms with Crippen LogP contribution in [0.5, 0.6) is 0 Å². The Kier molecular flexibility index (Phi) is 3.84. The third kappa shape index (κ3) is 2.96. The van der Waals surface area contributed by atoms with Gasteiger partial charge in [0, 0.05) is 23.6 Å². The lowest BCUT2D eigenvalue weighted by Crippen LogP contribution is -2.00. The minimum atomic E-state index is -0.965. The summed E-state index contributed by atoms with van der Waals surface area (Å²) in [6, 6.07) is 6.53. The summed E-state index contributed by atoms with van der Waals surface area (Å²) in [4.78, 5) is 19.5. The lowest BCUT2D eigenvalue weighted by molar-refractivity contribution is 0.0697. The van der Waals surface area contributed by atoms with Crippen LogP contribution in [-0.4, -0.2) is 21.0 Å². The summed E-state index contributed by atoms with van der Waals surface area (Å²) in [6.45, 7) is 2.05. The van der Waals surface area contributed by atoms with E-state index in [2.05, 4.69) is 33.0 Å². The van der Waals surface area contributed by atoms with Crippen molar-refractivity contribution in [2.24, 2.45) is 0 Å². The number of carbonyl (C=O) groups is 1. The Labute approximate surface area is 131 Å². The summed E-state index contributed by atoms with van der Waals surface area (Å²) in [5.74, 6) is -0.535. The number of aryl methyl sites for hydroxylation is 1. The molecule has 2 heterocycles. The molecule has 2 aromatic heterocycles. The second-order valence-electron chi connectivity index (χ2n) is 4.77. The third-order valence-electron chi connectivity index (χ3n) is 3.18. The van der Waals surface area contributed by atoms with Crippen molar-refractivity contribution < 1.29 is 9.90 Å². The second kappa shape index (κ2) is 5.95. The molecule has 2 N–H and O–H groups in total. The smallest absolute Gasteiger partial charge is 0.335 e. The predicted molar refractivity (Wildman–Crippen MR) is 86.8 cm³/mol. The summed E-state index contributed by atoms with van der Waals surface area (Å²) in [7, 11) is 0. The molecule has 0 aliphatic carbocycles. The lowest BCUT2D eigenvalue weighted by atomic mass is 10.1. The number of thiophene rings is 1. The molecule has 0 unspecified atom stereocenters. The molecule has 0 atom stereocenters. The molecule has 0 spiro atoms. The Morgan fingerprint density at radius 1 is 1.23 bits per heavy atom. The Balaban J connectivity index is 1.81. The fourth-order valence-electron chi connectivity index (χ4n) is 2.05. The number of rotatable bonds is 4. The van der Waals surface area contributed by atoms with E-state index in [0.29, 0.717) is 11.6 Å². The molecule has 1 aromatic carbocycles. The molecule has 110 valence electrons. The number of carboxylic acids is 1. The largest absolute Gasteiger partial charge is 0.478 e. The van der Waals surface area contributed by atoms with Crippen molar-refractivity contribution in [3.63, 3.8) is 0 Å². The maximum Gasteiger partial charge on any atom is 0.335 e. The van der Waals surface area contributed by atoms with E-state index in [4.69, 9.17) is 5.11 Å². The van der Waals surface area contributed by atoms with Gasteiger partial charge >= 0.3 is 5.97 Å². The van der Waals surface area contributed by atoms with Gasteiger partial charge in [0.25, 0.3) is 0 Å². The zero-order valence-electron chi connectivity index (χ0n) is 11.8. The van der Waals surface area contributed by atoms with E-state index in [1.54, 1.807) is 41.9 Å². The average Bonchev–Trinajstić information content (AvgIpc) is 2.94. The van der Waals surface area contributed by atoms with Gasteiger partial charge in [-0.2, -0.15) is 11.3 Å². The van der Waals surface area contributed by atoms with Gasteiger partial charge < -0.3 is 10.4 Å². The molecule has 0 saturated heterocycles. The molecule has 0 radical (unpaired) electrons. The molecule has 0 amide bonds. The fourth-order valence-corrected chi connectivity index (χ4v) is 2.90. The first-order chi connectivity index (χ1) is 10.6. The Morgan fingerprint density at radius 2 is 2.00 bits per heavy atom. The van der Waals surface area contributed by atoms with Crippen LogP contribution in [-0.2, 0) is 0 Å². The van der Waals surface area contributed by atoms with Crippen LogP contribution in [0, 0.1) is 6.92 Å². The number of nitrogens with zero attached hydrogens (tertiary/aromatic N) is 2. The number of hydrogen-bond acceptors (Lipinski definition) is 5. The number of benzene rings is 1. The van der Waals surface area contributed by atoms with Crippen LogP contribution >= 0.6 is 11.3 Å². The van der Waals surface area contributed by atoms with Crippen LogP contribution < -0.4 is 5.32 Å². The molecule has 3 aromatic rings. The van der Waals surface area contributed by atoms with Crippen molar-refractivity contribution in [1.82, 2.24) is 9.97 Å². The van der Waals surface area contributed by atoms with Gasteiger partial charge in [0.05, 0.1) is 5.56 Å². The van der Waals surface area contributed by atoms with Crippen LogP contribution in [0.3, 0.4) is 0 Å². The van der Waals surface area contributed by atoms with E-state index in [0.717, 1.165) is 11.1 Å². The first kappa shape index (κ1) is 14.2. The predicted octanol–water partition coefficient (Wildman–Crippen LogP) is 3.96. The van der Waals surface area contributed by atoms with Crippen molar-refractivity contribution in [3.8, 4) is 11.1 Å². The van der Waals surface area contributed by atoms with E-state index in [1.807, 2.05) is 0 Å². The second-order valence-corrected chi connectivity index (χ2v) is 5.52. The number of carboxylic acid groups (broad SMARTS) is 1. The minimum Gasteiger partial charge on any atom is -0.478 e. The zero-order valence-corrected chi connectivity index (χ0v) is 12.6. The van der Waals surface area contributed by atoms with Crippen molar-refractivity contribution in [1.29, 1.82) is 0 Å². The summed E-state index contributed by atoms with van der Waals surface area (Å²) in [6.07, 6.45) is 3.51. The molecule has 5 nitrogen and oxygen atoms in total. The summed E-state index contributed by atoms with van der Waals surface area (Å²) < 4.78 is 0. The normalized spacial score (nSPS) is 10.4. The van der Waals surface area contributed by atoms with Gasteiger partial charge in [-0.15, -0.1) is 0 Å². The standard InChI is InChI=1S/C16H13N3O2S/c1-10-8-22-9-14(10)12-6-17-16(18-7-12)19-13-4-2-3-11(5-13)15(20)21/h2-9H,1H3,(H,20,21)(H,17,18,19). The first-order valence-electron chi connectivity index (χ1n) is 6.59. The minimum absolute atomic E-state index is 0.218. The lowest BCUT2D eigenvalue weighted by Gasteiger charge is -2.06. The SMILES string of the molecule is Cc1cscc1-c1cnc(Nc2cccc(C(=O)O)c2)nc1. The summed E-state index contributed by atoms with van der Waals surface area (Å²) in [5, 5.41) is 16.1. The molecule has 6 heteroatoms. The molecule has 0 aliphatic rings. The Morgan fingerprint density at radius 3 is 2.64 bits per heavy atom. The first-order valence-corrected chi connectivity index (χ1v) is 7.53. The Bertz CT molecular complexity index is 812. The van der Waals surface area contributed by atoms with Gasteiger partial charge in [0.2, 0.25) is 5.95 Å². The van der Waals surface area contributed by atoms with Crippen molar-refractivity contribution in [2.45, 2.75) is 6.92 Å². The highest BCUT2D eigenvalue weighted by Crippen LogP contribution is 2.26. The van der Waals surface area contributed by atoms with E-state index in [-0.39, 0.29) is 5.56 Å². The molecule has 0 aliphatic heterocycles.